The van der Waals surface area contributed by atoms with Crippen LogP contribution < -0.4 is 14.8 Å². The van der Waals surface area contributed by atoms with Crippen molar-refractivity contribution in [1.29, 1.82) is 0 Å². The number of rotatable bonds is 3. The first-order valence-electron chi connectivity index (χ1n) is 7.85. The average molecular weight is 291 g/mol. The highest BCUT2D eigenvalue weighted by molar-refractivity contribution is 5.42. The predicted molar refractivity (Wildman–Crippen MR) is 82.1 cm³/mol. The predicted octanol–water partition coefficient (Wildman–Crippen LogP) is 2.54. The first kappa shape index (κ1) is 14.7. The van der Waals surface area contributed by atoms with Crippen LogP contribution in [0.3, 0.4) is 0 Å². The van der Waals surface area contributed by atoms with Gasteiger partial charge in [0.1, 0.15) is 18.1 Å². The zero-order chi connectivity index (χ0) is 14.8. The Bertz CT molecular complexity index is 481. The van der Waals surface area contributed by atoms with Crippen LogP contribution in [0.4, 0.5) is 0 Å². The van der Waals surface area contributed by atoms with Gasteiger partial charge in [-0.1, -0.05) is 6.07 Å². The van der Waals surface area contributed by atoms with Gasteiger partial charge in [0.25, 0.3) is 0 Å². The molecular formula is C17H25NO3. The van der Waals surface area contributed by atoms with E-state index in [1.54, 1.807) is 7.11 Å². The number of methoxy groups -OCH3 is 1. The number of nitrogens with one attached hydrogen (secondary N) is 1. The summed E-state index contributed by atoms with van der Waals surface area (Å²) in [6.07, 6.45) is 3.85. The van der Waals surface area contributed by atoms with Crippen LogP contribution in [0.1, 0.15) is 32.3 Å². The van der Waals surface area contributed by atoms with Gasteiger partial charge in [-0.3, -0.25) is 0 Å². The summed E-state index contributed by atoms with van der Waals surface area (Å²) in [7, 11) is 1.68. The van der Waals surface area contributed by atoms with Gasteiger partial charge < -0.3 is 19.5 Å². The molecule has 1 fully saturated rings. The van der Waals surface area contributed by atoms with Crippen LogP contribution in [0.5, 0.6) is 11.5 Å². The molecule has 4 nitrogen and oxygen atoms in total. The van der Waals surface area contributed by atoms with Crippen LogP contribution in [0, 0.1) is 0 Å². The largest absolute Gasteiger partial charge is 0.497 e. The maximum Gasteiger partial charge on any atom is 0.126 e. The molecule has 1 N–H and O–H groups in total. The van der Waals surface area contributed by atoms with Gasteiger partial charge in [0.05, 0.1) is 19.3 Å². The SMILES string of the molecule is COc1ccc2c(c1)OC[C@H](NC1C[C@@H](C)O[C@H](C)C1)C2. The molecule has 21 heavy (non-hydrogen) atoms. The molecule has 2 heterocycles. The van der Waals surface area contributed by atoms with Crippen LogP contribution in [-0.2, 0) is 11.2 Å². The summed E-state index contributed by atoms with van der Waals surface area (Å²) in [5.74, 6) is 1.81. The Morgan fingerprint density at radius 1 is 1.14 bits per heavy atom. The molecule has 1 aromatic rings. The fraction of sp³-hybridized carbons (Fsp3) is 0.647. The number of ether oxygens (including phenoxy) is 3. The zero-order valence-electron chi connectivity index (χ0n) is 13.1. The summed E-state index contributed by atoms with van der Waals surface area (Å²) in [6.45, 7) is 5.03. The monoisotopic (exact) mass is 291 g/mol. The van der Waals surface area contributed by atoms with E-state index in [1.165, 1.54) is 5.56 Å². The Labute approximate surface area is 126 Å². The highest BCUT2D eigenvalue weighted by Crippen LogP contribution is 2.29. The Kier molecular flexibility index (Phi) is 4.36. The van der Waals surface area contributed by atoms with E-state index in [0.29, 0.717) is 24.3 Å². The van der Waals surface area contributed by atoms with Gasteiger partial charge in [0, 0.05) is 18.2 Å². The zero-order valence-corrected chi connectivity index (χ0v) is 13.1. The molecule has 1 aromatic carbocycles. The molecule has 0 saturated carbocycles. The van der Waals surface area contributed by atoms with E-state index in [4.69, 9.17) is 14.2 Å². The lowest BCUT2D eigenvalue weighted by atomic mass is 9.96. The molecule has 0 aromatic heterocycles. The summed E-state index contributed by atoms with van der Waals surface area (Å²) in [6, 6.07) is 7.00. The van der Waals surface area contributed by atoms with Gasteiger partial charge in [-0.25, -0.2) is 0 Å². The number of hydrogen-bond acceptors (Lipinski definition) is 4. The third kappa shape index (κ3) is 3.50. The van der Waals surface area contributed by atoms with Crippen molar-refractivity contribution in [2.75, 3.05) is 13.7 Å². The summed E-state index contributed by atoms with van der Waals surface area (Å²) < 4.78 is 16.9. The molecular weight excluding hydrogens is 266 g/mol. The summed E-state index contributed by atoms with van der Waals surface area (Å²) in [5.41, 5.74) is 1.26. The third-order valence-corrected chi connectivity index (χ3v) is 4.35. The Hall–Kier alpha value is -1.26. The Morgan fingerprint density at radius 2 is 1.90 bits per heavy atom. The van der Waals surface area contributed by atoms with Crippen molar-refractivity contribution in [2.24, 2.45) is 0 Å². The van der Waals surface area contributed by atoms with E-state index >= 15 is 0 Å². The van der Waals surface area contributed by atoms with E-state index in [0.717, 1.165) is 37.4 Å². The molecule has 3 rings (SSSR count). The first-order valence-corrected chi connectivity index (χ1v) is 7.85. The quantitative estimate of drug-likeness (QED) is 0.929. The fourth-order valence-corrected chi connectivity index (χ4v) is 3.46. The number of hydrogen-bond donors (Lipinski definition) is 1. The van der Waals surface area contributed by atoms with Crippen LogP contribution in [0.15, 0.2) is 18.2 Å². The van der Waals surface area contributed by atoms with Crippen molar-refractivity contribution in [3.05, 3.63) is 23.8 Å². The normalized spacial score (nSPS) is 32.1. The fourth-order valence-electron chi connectivity index (χ4n) is 3.46. The van der Waals surface area contributed by atoms with Crippen molar-refractivity contribution >= 4 is 0 Å². The molecule has 0 unspecified atom stereocenters. The molecule has 1 saturated heterocycles. The van der Waals surface area contributed by atoms with E-state index in [9.17, 15) is 0 Å². The van der Waals surface area contributed by atoms with Crippen LogP contribution in [-0.4, -0.2) is 38.0 Å². The molecule has 0 radical (unpaired) electrons. The molecule has 2 aliphatic rings. The van der Waals surface area contributed by atoms with Crippen molar-refractivity contribution in [3.8, 4) is 11.5 Å². The second-order valence-electron chi connectivity index (χ2n) is 6.28. The minimum absolute atomic E-state index is 0.340. The maximum absolute atomic E-state index is 5.90. The van der Waals surface area contributed by atoms with Gasteiger partial charge in [-0.15, -0.1) is 0 Å². The lowest BCUT2D eigenvalue weighted by molar-refractivity contribution is -0.0444. The minimum atomic E-state index is 0.340. The third-order valence-electron chi connectivity index (χ3n) is 4.35. The molecule has 0 aliphatic carbocycles. The Balaban J connectivity index is 1.61. The lowest BCUT2D eigenvalue weighted by Gasteiger charge is -2.36. The van der Waals surface area contributed by atoms with Crippen molar-refractivity contribution in [1.82, 2.24) is 5.32 Å². The second kappa shape index (κ2) is 6.24. The standard InChI is InChI=1S/C17H25NO3/c1-11-6-14(7-12(2)21-11)18-15-8-13-4-5-16(19-3)9-17(13)20-10-15/h4-5,9,11-12,14-15,18H,6-8,10H2,1-3H3/t11-,12-,15-/m1/s1. The van der Waals surface area contributed by atoms with Gasteiger partial charge in [0.15, 0.2) is 0 Å². The van der Waals surface area contributed by atoms with Gasteiger partial charge in [-0.2, -0.15) is 0 Å². The van der Waals surface area contributed by atoms with Gasteiger partial charge in [0.2, 0.25) is 0 Å². The second-order valence-corrected chi connectivity index (χ2v) is 6.28. The molecule has 0 spiro atoms. The van der Waals surface area contributed by atoms with Crippen molar-refractivity contribution in [2.45, 2.75) is 57.4 Å². The molecule has 116 valence electrons. The molecule has 4 heteroatoms. The smallest absolute Gasteiger partial charge is 0.126 e. The average Bonchev–Trinajstić information content (AvgIpc) is 2.45. The Morgan fingerprint density at radius 3 is 2.62 bits per heavy atom. The van der Waals surface area contributed by atoms with E-state index < -0.39 is 0 Å². The first-order chi connectivity index (χ1) is 10.1. The molecule has 3 atom stereocenters. The number of fused-ring (bicyclic) bond motifs is 1. The van der Waals surface area contributed by atoms with Gasteiger partial charge >= 0.3 is 0 Å². The lowest BCUT2D eigenvalue weighted by Crippen LogP contribution is -2.49. The molecule has 0 amide bonds. The molecule has 2 aliphatic heterocycles. The van der Waals surface area contributed by atoms with Crippen molar-refractivity contribution in [3.63, 3.8) is 0 Å². The minimum Gasteiger partial charge on any atom is -0.497 e. The summed E-state index contributed by atoms with van der Waals surface area (Å²) in [5, 5.41) is 3.75. The van der Waals surface area contributed by atoms with Crippen LogP contribution >= 0.6 is 0 Å². The maximum atomic E-state index is 5.90. The summed E-state index contributed by atoms with van der Waals surface area (Å²) in [4.78, 5) is 0. The van der Waals surface area contributed by atoms with Crippen LogP contribution in [0.2, 0.25) is 0 Å². The van der Waals surface area contributed by atoms with Crippen LogP contribution in [0.25, 0.3) is 0 Å². The topological polar surface area (TPSA) is 39.7 Å². The number of benzene rings is 1. The van der Waals surface area contributed by atoms with Crippen molar-refractivity contribution < 1.29 is 14.2 Å². The summed E-state index contributed by atoms with van der Waals surface area (Å²) >= 11 is 0. The molecule has 0 bridgehead atoms. The van der Waals surface area contributed by atoms with E-state index in [1.807, 2.05) is 12.1 Å². The van der Waals surface area contributed by atoms with Gasteiger partial charge in [-0.05, 0) is 44.7 Å². The highest BCUT2D eigenvalue weighted by Gasteiger charge is 2.28. The highest BCUT2D eigenvalue weighted by atomic mass is 16.5. The van der Waals surface area contributed by atoms with E-state index in [2.05, 4.69) is 25.2 Å². The van der Waals surface area contributed by atoms with E-state index in [-0.39, 0.29) is 0 Å².